The summed E-state index contributed by atoms with van der Waals surface area (Å²) in [5, 5.41) is 5.72. The molecule has 2 amide bonds. The molecule has 0 radical (unpaired) electrons. The van der Waals surface area contributed by atoms with Crippen molar-refractivity contribution in [3.63, 3.8) is 0 Å². The normalized spacial score (nSPS) is 15.5. The van der Waals surface area contributed by atoms with Crippen LogP contribution in [0.4, 0.5) is 10.6 Å². The molecule has 1 saturated heterocycles. The maximum atomic E-state index is 12.0. The molecule has 7 heteroatoms. The highest BCUT2D eigenvalue weighted by Crippen LogP contribution is 2.13. The number of morpholine rings is 1. The lowest BCUT2D eigenvalue weighted by molar-refractivity contribution is 0.122. The lowest BCUT2D eigenvalue weighted by atomic mass is 10.2. The molecule has 0 bridgehead atoms. The first-order chi connectivity index (χ1) is 12.2. The van der Waals surface area contributed by atoms with Gasteiger partial charge in [-0.25, -0.2) is 9.78 Å². The lowest BCUT2D eigenvalue weighted by Crippen LogP contribution is -2.37. The van der Waals surface area contributed by atoms with Crippen LogP contribution in [-0.4, -0.2) is 42.3 Å². The van der Waals surface area contributed by atoms with E-state index in [1.807, 2.05) is 37.3 Å². The first-order valence-corrected chi connectivity index (χ1v) is 8.45. The van der Waals surface area contributed by atoms with Gasteiger partial charge in [0.1, 0.15) is 5.82 Å². The Labute approximate surface area is 147 Å². The van der Waals surface area contributed by atoms with Crippen LogP contribution < -0.4 is 15.5 Å². The van der Waals surface area contributed by atoms with Gasteiger partial charge in [-0.2, -0.15) is 0 Å². The zero-order valence-electron chi connectivity index (χ0n) is 14.3. The molecule has 1 aliphatic rings. The van der Waals surface area contributed by atoms with Crippen LogP contribution >= 0.6 is 0 Å². The average Bonchev–Trinajstić information content (AvgIpc) is 2.68. The fourth-order valence-corrected chi connectivity index (χ4v) is 2.64. The van der Waals surface area contributed by atoms with Crippen LogP contribution in [0.5, 0.6) is 0 Å². The molecule has 0 unspecified atom stereocenters. The highest BCUT2D eigenvalue weighted by Gasteiger charge is 2.12. The summed E-state index contributed by atoms with van der Waals surface area (Å²) in [6, 6.07) is 9.23. The second-order valence-electron chi connectivity index (χ2n) is 5.93. The minimum Gasteiger partial charge on any atom is -0.378 e. The Balaban J connectivity index is 1.47. The topological polar surface area (TPSA) is 79.4 Å². The van der Waals surface area contributed by atoms with Gasteiger partial charge in [-0.05, 0) is 30.7 Å². The zero-order chi connectivity index (χ0) is 17.5. The number of amides is 2. The summed E-state index contributed by atoms with van der Waals surface area (Å²) in [5.41, 5.74) is 1.78. The van der Waals surface area contributed by atoms with Gasteiger partial charge < -0.3 is 20.3 Å². The minimum atomic E-state index is -0.226. The Morgan fingerprint density at radius 2 is 2.08 bits per heavy atom. The first-order valence-electron chi connectivity index (χ1n) is 8.45. The number of hydrogen-bond donors (Lipinski definition) is 2. The van der Waals surface area contributed by atoms with E-state index in [9.17, 15) is 4.79 Å². The largest absolute Gasteiger partial charge is 0.378 e. The smallest absolute Gasteiger partial charge is 0.315 e. The highest BCUT2D eigenvalue weighted by molar-refractivity contribution is 5.74. The monoisotopic (exact) mass is 341 g/mol. The van der Waals surface area contributed by atoms with Crippen molar-refractivity contribution in [3.05, 3.63) is 54.0 Å². The quantitative estimate of drug-likeness (QED) is 0.868. The molecule has 0 aliphatic carbocycles. The fraction of sp³-hybridized carbons (Fsp3) is 0.389. The first kappa shape index (κ1) is 17.2. The molecule has 3 rings (SSSR count). The van der Waals surface area contributed by atoms with E-state index in [1.165, 1.54) is 0 Å². The minimum absolute atomic E-state index is 0.150. The predicted octanol–water partition coefficient (Wildman–Crippen LogP) is 1.87. The third kappa shape index (κ3) is 4.90. The molecule has 25 heavy (non-hydrogen) atoms. The summed E-state index contributed by atoms with van der Waals surface area (Å²) >= 11 is 0. The van der Waals surface area contributed by atoms with Crippen LogP contribution in [-0.2, 0) is 11.3 Å². The number of anilines is 1. The summed E-state index contributed by atoms with van der Waals surface area (Å²) in [4.78, 5) is 22.9. The Morgan fingerprint density at radius 1 is 1.24 bits per heavy atom. The van der Waals surface area contributed by atoms with Gasteiger partial charge in [-0.3, -0.25) is 4.98 Å². The van der Waals surface area contributed by atoms with Gasteiger partial charge in [0.25, 0.3) is 0 Å². The van der Waals surface area contributed by atoms with Gasteiger partial charge >= 0.3 is 6.03 Å². The van der Waals surface area contributed by atoms with Crippen LogP contribution in [0.2, 0.25) is 0 Å². The van der Waals surface area contributed by atoms with Gasteiger partial charge in [0, 0.05) is 32.0 Å². The van der Waals surface area contributed by atoms with E-state index in [-0.39, 0.29) is 12.1 Å². The molecule has 3 heterocycles. The van der Waals surface area contributed by atoms with Crippen LogP contribution in [0, 0.1) is 0 Å². The van der Waals surface area contributed by atoms with Gasteiger partial charge in [-0.15, -0.1) is 0 Å². The second-order valence-corrected chi connectivity index (χ2v) is 5.93. The van der Waals surface area contributed by atoms with Crippen molar-refractivity contribution in [3.8, 4) is 0 Å². The Bertz CT molecular complexity index is 672. The molecule has 0 saturated carbocycles. The van der Waals surface area contributed by atoms with E-state index < -0.39 is 0 Å². The third-order valence-corrected chi connectivity index (χ3v) is 4.08. The molecule has 0 spiro atoms. The molecule has 7 nitrogen and oxygen atoms in total. The molecular weight excluding hydrogens is 318 g/mol. The molecule has 1 atom stereocenters. The van der Waals surface area contributed by atoms with E-state index >= 15 is 0 Å². The molecule has 132 valence electrons. The van der Waals surface area contributed by atoms with Gasteiger partial charge in [0.15, 0.2) is 0 Å². The summed E-state index contributed by atoms with van der Waals surface area (Å²) in [6.07, 6.45) is 3.51. The SMILES string of the molecule is C[C@H](NC(=O)NCc1ccc(N2CCOCC2)nc1)c1ccccn1. The predicted molar refractivity (Wildman–Crippen MR) is 95.3 cm³/mol. The number of carbonyl (C=O) groups is 1. The van der Waals surface area contributed by atoms with Crippen LogP contribution in [0.25, 0.3) is 0 Å². The Kier molecular flexibility index (Phi) is 5.79. The molecule has 0 aromatic carbocycles. The number of nitrogens with one attached hydrogen (secondary N) is 2. The van der Waals surface area contributed by atoms with Crippen molar-refractivity contribution < 1.29 is 9.53 Å². The zero-order valence-corrected chi connectivity index (χ0v) is 14.3. The van der Waals surface area contributed by atoms with Gasteiger partial charge in [0.2, 0.25) is 0 Å². The number of aromatic nitrogens is 2. The van der Waals surface area contributed by atoms with E-state index in [1.54, 1.807) is 12.4 Å². The van der Waals surface area contributed by atoms with Crippen LogP contribution in [0.3, 0.4) is 0 Å². The number of pyridine rings is 2. The van der Waals surface area contributed by atoms with Crippen molar-refractivity contribution in [2.75, 3.05) is 31.2 Å². The standard InChI is InChI=1S/C18H23N5O2/c1-14(16-4-2-3-7-19-16)22-18(24)21-13-15-5-6-17(20-12-15)23-8-10-25-11-9-23/h2-7,12,14H,8-11,13H2,1H3,(H2,21,22,24)/t14-/m0/s1. The number of nitrogens with zero attached hydrogens (tertiary/aromatic N) is 3. The third-order valence-electron chi connectivity index (χ3n) is 4.08. The summed E-state index contributed by atoms with van der Waals surface area (Å²) < 4.78 is 5.35. The molecular formula is C18H23N5O2. The highest BCUT2D eigenvalue weighted by atomic mass is 16.5. The van der Waals surface area contributed by atoms with E-state index in [2.05, 4.69) is 25.5 Å². The molecule has 2 N–H and O–H groups in total. The lowest BCUT2D eigenvalue weighted by Gasteiger charge is -2.27. The molecule has 2 aromatic heterocycles. The second kappa shape index (κ2) is 8.43. The molecule has 2 aromatic rings. The molecule has 1 fully saturated rings. The fourth-order valence-electron chi connectivity index (χ4n) is 2.64. The number of urea groups is 1. The number of rotatable bonds is 5. The molecule has 1 aliphatic heterocycles. The summed E-state index contributed by atoms with van der Waals surface area (Å²) in [5.74, 6) is 0.945. The summed E-state index contributed by atoms with van der Waals surface area (Å²) in [6.45, 7) is 5.52. The van der Waals surface area contributed by atoms with E-state index in [0.717, 1.165) is 43.4 Å². The van der Waals surface area contributed by atoms with Crippen molar-refractivity contribution in [2.45, 2.75) is 19.5 Å². The van der Waals surface area contributed by atoms with Crippen LogP contribution in [0.15, 0.2) is 42.7 Å². The van der Waals surface area contributed by atoms with Gasteiger partial charge in [-0.1, -0.05) is 12.1 Å². The average molecular weight is 341 g/mol. The maximum absolute atomic E-state index is 12.0. The summed E-state index contributed by atoms with van der Waals surface area (Å²) in [7, 11) is 0. The number of ether oxygens (including phenoxy) is 1. The van der Waals surface area contributed by atoms with E-state index in [0.29, 0.717) is 6.54 Å². The van der Waals surface area contributed by atoms with Crippen molar-refractivity contribution in [1.29, 1.82) is 0 Å². The van der Waals surface area contributed by atoms with Crippen molar-refractivity contribution >= 4 is 11.8 Å². The maximum Gasteiger partial charge on any atom is 0.315 e. The Hall–Kier alpha value is -2.67. The van der Waals surface area contributed by atoms with Crippen LogP contribution in [0.1, 0.15) is 24.2 Å². The Morgan fingerprint density at radius 3 is 2.76 bits per heavy atom. The van der Waals surface area contributed by atoms with E-state index in [4.69, 9.17) is 4.74 Å². The van der Waals surface area contributed by atoms with Crippen molar-refractivity contribution in [1.82, 2.24) is 20.6 Å². The number of hydrogen-bond acceptors (Lipinski definition) is 5. The van der Waals surface area contributed by atoms with Gasteiger partial charge in [0.05, 0.1) is 24.9 Å². The number of carbonyl (C=O) groups excluding carboxylic acids is 1. The van der Waals surface area contributed by atoms with Crippen molar-refractivity contribution in [2.24, 2.45) is 0 Å².